The molecular weight excluding hydrogens is 368 g/mol. The number of esters is 1. The first kappa shape index (κ1) is 21.6. The summed E-state index contributed by atoms with van der Waals surface area (Å²) in [5.74, 6) is -0.543. The van der Waals surface area contributed by atoms with Gasteiger partial charge in [-0.3, -0.25) is 4.79 Å². The van der Waals surface area contributed by atoms with Crippen molar-refractivity contribution in [3.05, 3.63) is 41.5 Å². The molecule has 0 amide bonds. The summed E-state index contributed by atoms with van der Waals surface area (Å²) in [5.41, 5.74) is 0.623. The predicted octanol–water partition coefficient (Wildman–Crippen LogP) is 1.49. The quantitative estimate of drug-likeness (QED) is 0.586. The summed E-state index contributed by atoms with van der Waals surface area (Å²) in [4.78, 5) is 24.5. The minimum Gasteiger partial charge on any atom is -0.497 e. The Morgan fingerprint density at radius 2 is 1.93 bits per heavy atom. The van der Waals surface area contributed by atoms with E-state index in [-0.39, 0.29) is 37.6 Å². The number of aliphatic hydroxyl groups is 2. The number of cyclic esters (lactones) is 1. The van der Waals surface area contributed by atoms with Crippen LogP contribution in [0.4, 0.5) is 0 Å². The van der Waals surface area contributed by atoms with Crippen LogP contribution >= 0.6 is 0 Å². The molecule has 0 aromatic heterocycles. The van der Waals surface area contributed by atoms with Crippen molar-refractivity contribution >= 4 is 17.8 Å². The zero-order valence-corrected chi connectivity index (χ0v) is 15.8. The van der Waals surface area contributed by atoms with Crippen LogP contribution in [0.3, 0.4) is 0 Å². The largest absolute Gasteiger partial charge is 0.497 e. The molecule has 2 rings (SSSR count). The number of hydrogen-bond donors (Lipinski definition) is 2. The summed E-state index contributed by atoms with van der Waals surface area (Å²) in [6, 6.07) is 3.17. The number of carbonyl (C=O) groups is 2. The Bertz CT molecular complexity index is 753. The maximum absolute atomic E-state index is 12.6. The molecule has 2 N–H and O–H groups in total. The van der Waals surface area contributed by atoms with E-state index in [9.17, 15) is 19.8 Å². The summed E-state index contributed by atoms with van der Waals surface area (Å²) < 4.78 is 20.9. The summed E-state index contributed by atoms with van der Waals surface area (Å²) in [6.07, 6.45) is 3.23. The van der Waals surface area contributed by atoms with E-state index in [0.717, 1.165) is 0 Å². The lowest BCUT2D eigenvalue weighted by Gasteiger charge is -2.16. The van der Waals surface area contributed by atoms with E-state index in [2.05, 4.69) is 0 Å². The molecule has 152 valence electrons. The Morgan fingerprint density at radius 1 is 1.14 bits per heavy atom. The van der Waals surface area contributed by atoms with E-state index >= 15 is 0 Å². The van der Waals surface area contributed by atoms with Gasteiger partial charge in [-0.25, -0.2) is 4.79 Å². The van der Waals surface area contributed by atoms with Gasteiger partial charge in [-0.05, 0) is 30.5 Å². The second-order valence-corrected chi connectivity index (χ2v) is 6.02. The molecule has 1 aromatic rings. The number of rotatable bonds is 4. The number of fused-ring (bicyclic) bond motifs is 1. The molecule has 8 heteroatoms. The van der Waals surface area contributed by atoms with E-state index in [1.54, 1.807) is 24.3 Å². The van der Waals surface area contributed by atoms with Crippen molar-refractivity contribution < 1.29 is 38.7 Å². The van der Waals surface area contributed by atoms with Crippen LogP contribution < -0.4 is 9.47 Å². The molecule has 2 atom stereocenters. The fraction of sp³-hybridized carbons (Fsp3) is 0.400. The summed E-state index contributed by atoms with van der Waals surface area (Å²) in [5, 5.41) is 19.9. The van der Waals surface area contributed by atoms with Crippen LogP contribution in [0, 0.1) is 0 Å². The van der Waals surface area contributed by atoms with Crippen molar-refractivity contribution in [2.24, 2.45) is 0 Å². The van der Waals surface area contributed by atoms with Crippen LogP contribution in [-0.2, 0) is 14.3 Å². The Hall–Kier alpha value is -2.68. The van der Waals surface area contributed by atoms with Crippen molar-refractivity contribution in [1.29, 1.82) is 0 Å². The normalized spacial score (nSPS) is 22.0. The van der Waals surface area contributed by atoms with Crippen LogP contribution in [0.2, 0.25) is 0 Å². The minimum atomic E-state index is -1.53. The lowest BCUT2D eigenvalue weighted by Crippen LogP contribution is -2.32. The topological polar surface area (TPSA) is 112 Å². The number of ketones is 1. The van der Waals surface area contributed by atoms with Crippen molar-refractivity contribution in [3.8, 4) is 11.5 Å². The zero-order valence-electron chi connectivity index (χ0n) is 15.8. The highest BCUT2D eigenvalue weighted by Gasteiger charge is 2.23. The molecule has 0 fully saturated rings. The van der Waals surface area contributed by atoms with Gasteiger partial charge in [-0.2, -0.15) is 0 Å². The zero-order chi connectivity index (χ0) is 20.5. The van der Waals surface area contributed by atoms with Gasteiger partial charge in [-0.15, -0.1) is 0 Å². The lowest BCUT2D eigenvalue weighted by molar-refractivity contribution is -0.127. The summed E-state index contributed by atoms with van der Waals surface area (Å²) in [6.45, 7) is -0.0491. The van der Waals surface area contributed by atoms with Gasteiger partial charge >= 0.3 is 5.97 Å². The Morgan fingerprint density at radius 3 is 2.64 bits per heavy atom. The monoisotopic (exact) mass is 392 g/mol. The highest BCUT2D eigenvalue weighted by Crippen LogP contribution is 2.31. The number of aliphatic hydroxyl groups excluding tert-OH is 2. The van der Waals surface area contributed by atoms with Gasteiger partial charge in [0.1, 0.15) is 23.2 Å². The van der Waals surface area contributed by atoms with Crippen LogP contribution in [-0.4, -0.2) is 61.8 Å². The second-order valence-electron chi connectivity index (χ2n) is 6.02. The first-order valence-corrected chi connectivity index (χ1v) is 8.72. The van der Waals surface area contributed by atoms with Crippen LogP contribution in [0.5, 0.6) is 11.5 Å². The van der Waals surface area contributed by atoms with Gasteiger partial charge in [0, 0.05) is 13.2 Å². The molecule has 0 saturated heterocycles. The predicted molar refractivity (Wildman–Crippen MR) is 100 cm³/mol. The number of ether oxygens (including phenoxy) is 4. The molecule has 1 aliphatic heterocycles. The third-order valence-electron chi connectivity index (χ3n) is 4.01. The third kappa shape index (κ3) is 5.66. The number of benzene rings is 1. The molecule has 1 unspecified atom stereocenters. The summed E-state index contributed by atoms with van der Waals surface area (Å²) >= 11 is 0. The average molecular weight is 392 g/mol. The summed E-state index contributed by atoms with van der Waals surface area (Å²) in [7, 11) is 2.93. The number of hydrogen-bond acceptors (Lipinski definition) is 8. The minimum absolute atomic E-state index is 0.000700. The van der Waals surface area contributed by atoms with E-state index in [1.165, 1.54) is 26.4 Å². The van der Waals surface area contributed by atoms with Gasteiger partial charge in [0.2, 0.25) is 0 Å². The fourth-order valence-electron chi connectivity index (χ4n) is 2.56. The molecule has 0 radical (unpaired) electrons. The Balaban J connectivity index is 2.45. The maximum atomic E-state index is 12.6. The van der Waals surface area contributed by atoms with Crippen molar-refractivity contribution in [3.63, 3.8) is 0 Å². The number of methoxy groups -OCH3 is 2. The van der Waals surface area contributed by atoms with Gasteiger partial charge in [-0.1, -0.05) is 18.2 Å². The lowest BCUT2D eigenvalue weighted by atomic mass is 10.0. The van der Waals surface area contributed by atoms with Crippen LogP contribution in [0.15, 0.2) is 30.4 Å². The molecule has 28 heavy (non-hydrogen) atoms. The van der Waals surface area contributed by atoms with Crippen LogP contribution in [0.25, 0.3) is 6.08 Å². The van der Waals surface area contributed by atoms with E-state index in [1.807, 2.05) is 0 Å². The van der Waals surface area contributed by atoms with Gasteiger partial charge in [0.15, 0.2) is 12.6 Å². The van der Waals surface area contributed by atoms with E-state index in [4.69, 9.17) is 18.9 Å². The number of carbonyl (C=O) groups excluding carboxylic acids is 2. The SMILES string of the molecule is COCOc1cc(OC)cc2c1C(=O)OCC/C=C\C(=O)C(O)[C@@H](O)CC=C2. The molecule has 1 aromatic carbocycles. The first-order chi connectivity index (χ1) is 13.5. The Labute approximate surface area is 163 Å². The average Bonchev–Trinajstić information content (AvgIpc) is 2.69. The highest BCUT2D eigenvalue weighted by atomic mass is 16.7. The van der Waals surface area contributed by atoms with Crippen molar-refractivity contribution in [2.45, 2.75) is 25.0 Å². The molecule has 0 spiro atoms. The fourth-order valence-corrected chi connectivity index (χ4v) is 2.56. The molecule has 1 heterocycles. The Kier molecular flexibility index (Phi) is 8.19. The standard InChI is InChI=1S/C20H24O8/c1-25-12-28-17-11-14(26-2)10-13-6-5-8-16(22)19(23)15(21)7-3-4-9-27-20(24)18(13)17/h3,5-7,10-11,16,19,22-23H,4,8-9,12H2,1-2H3/b6-5?,7-3-/t16-,19?/m0/s1. The first-order valence-electron chi connectivity index (χ1n) is 8.72. The molecule has 0 aliphatic carbocycles. The molecule has 0 bridgehead atoms. The third-order valence-corrected chi connectivity index (χ3v) is 4.01. The molecule has 0 saturated carbocycles. The second kappa shape index (κ2) is 10.6. The molecule has 8 nitrogen and oxygen atoms in total. The maximum Gasteiger partial charge on any atom is 0.342 e. The van der Waals surface area contributed by atoms with Gasteiger partial charge in [0.05, 0.1) is 19.8 Å². The van der Waals surface area contributed by atoms with Gasteiger partial charge < -0.3 is 29.2 Å². The van der Waals surface area contributed by atoms with Crippen LogP contribution in [0.1, 0.15) is 28.8 Å². The van der Waals surface area contributed by atoms with Crippen molar-refractivity contribution in [1.82, 2.24) is 0 Å². The smallest absolute Gasteiger partial charge is 0.342 e. The molecule has 1 aliphatic rings. The van der Waals surface area contributed by atoms with Gasteiger partial charge in [0.25, 0.3) is 0 Å². The van der Waals surface area contributed by atoms with Crippen molar-refractivity contribution in [2.75, 3.05) is 27.6 Å². The van der Waals surface area contributed by atoms with E-state index < -0.39 is 24.0 Å². The van der Waals surface area contributed by atoms with E-state index in [0.29, 0.717) is 11.3 Å². The molecular formula is C20H24O8. The highest BCUT2D eigenvalue weighted by molar-refractivity contribution is 5.97.